The Morgan fingerprint density at radius 2 is 1.81 bits per heavy atom. The van der Waals surface area contributed by atoms with E-state index < -0.39 is 5.38 Å². The molecular weight excluding hydrogens is 428 g/mol. The fourth-order valence-corrected chi connectivity index (χ4v) is 5.12. The molecule has 2 amide bonds. The zero-order chi connectivity index (χ0) is 22.9. The fraction of sp³-hybridized carbons (Fsp3) is 0.520. The molecule has 0 fully saturated rings. The molecule has 1 aliphatic heterocycles. The number of halogens is 1. The lowest BCUT2D eigenvalue weighted by Gasteiger charge is -2.38. The van der Waals surface area contributed by atoms with Crippen LogP contribution in [0.4, 0.5) is 0 Å². The summed E-state index contributed by atoms with van der Waals surface area (Å²) in [6.07, 6.45) is 0.844. The first-order valence-corrected chi connectivity index (χ1v) is 12.2. The van der Waals surface area contributed by atoms with E-state index in [0.717, 1.165) is 12.0 Å². The summed E-state index contributed by atoms with van der Waals surface area (Å²) in [4.78, 5) is 30.9. The molecule has 0 aliphatic carbocycles. The molecule has 3 rings (SSSR count). The van der Waals surface area contributed by atoms with Crippen molar-refractivity contribution in [3.8, 4) is 0 Å². The Hall–Kier alpha value is -1.85. The van der Waals surface area contributed by atoms with Crippen LogP contribution in [0.25, 0.3) is 0 Å². The van der Waals surface area contributed by atoms with E-state index in [4.69, 9.17) is 11.6 Å². The second kappa shape index (κ2) is 9.33. The Kier molecular flexibility index (Phi) is 7.17. The van der Waals surface area contributed by atoms with Gasteiger partial charge in [0.2, 0.25) is 11.8 Å². The van der Waals surface area contributed by atoms with Gasteiger partial charge in [-0.1, -0.05) is 45.0 Å². The van der Waals surface area contributed by atoms with Crippen LogP contribution in [0.15, 0.2) is 35.7 Å². The highest BCUT2D eigenvalue weighted by Crippen LogP contribution is 2.38. The molecule has 1 aliphatic rings. The van der Waals surface area contributed by atoms with E-state index in [1.54, 1.807) is 23.2 Å². The minimum absolute atomic E-state index is 0.0406. The van der Waals surface area contributed by atoms with Crippen molar-refractivity contribution in [3.63, 3.8) is 0 Å². The van der Waals surface area contributed by atoms with Crippen LogP contribution in [-0.4, -0.2) is 46.1 Å². The molecule has 0 spiro atoms. The summed E-state index contributed by atoms with van der Waals surface area (Å²) in [7, 11) is 0. The monoisotopic (exact) mass is 460 g/mol. The molecule has 2 atom stereocenters. The van der Waals surface area contributed by atoms with Gasteiger partial charge in [0, 0.05) is 17.5 Å². The molecule has 0 saturated heterocycles. The summed E-state index contributed by atoms with van der Waals surface area (Å²) in [6, 6.07) is 10.5. The number of thiophene rings is 1. The molecule has 0 bridgehead atoms. The molecule has 0 N–H and O–H groups in total. The predicted octanol–water partition coefficient (Wildman–Crippen LogP) is 5.38. The highest BCUT2D eigenvalue weighted by atomic mass is 35.5. The maximum absolute atomic E-state index is 13.5. The average Bonchev–Trinajstić information content (AvgIpc) is 3.18. The van der Waals surface area contributed by atoms with Crippen LogP contribution in [0, 0.1) is 0 Å². The second-order valence-electron chi connectivity index (χ2n) is 9.59. The normalized spacial score (nSPS) is 17.4. The number of nitrogens with zero attached hydrogens (tertiary/aromatic N) is 2. The SMILES string of the molecule is CC(Cl)C(=O)N(CC(=O)N1CCc2sccc2C1c1ccc(C(C)(C)C)cc1)C(C)C. The van der Waals surface area contributed by atoms with Gasteiger partial charge in [-0.05, 0) is 60.7 Å². The van der Waals surface area contributed by atoms with E-state index in [0.29, 0.717) is 6.54 Å². The molecule has 2 unspecified atom stereocenters. The zero-order valence-electron chi connectivity index (χ0n) is 19.3. The second-order valence-corrected chi connectivity index (χ2v) is 11.2. The van der Waals surface area contributed by atoms with Gasteiger partial charge in [0.15, 0.2) is 0 Å². The van der Waals surface area contributed by atoms with Crippen molar-refractivity contribution in [2.45, 2.75) is 70.8 Å². The summed E-state index contributed by atoms with van der Waals surface area (Å²) in [5.74, 6) is -0.245. The van der Waals surface area contributed by atoms with Gasteiger partial charge in [-0.15, -0.1) is 22.9 Å². The molecule has 2 aromatic rings. The number of carbonyl (C=O) groups is 2. The van der Waals surface area contributed by atoms with Crippen molar-refractivity contribution in [2.24, 2.45) is 0 Å². The largest absolute Gasteiger partial charge is 0.330 e. The third-order valence-electron chi connectivity index (χ3n) is 5.93. The van der Waals surface area contributed by atoms with Crippen LogP contribution < -0.4 is 0 Å². The number of alkyl halides is 1. The first-order valence-electron chi connectivity index (χ1n) is 10.9. The standard InChI is InChI=1S/C25H33ClN2O2S/c1-16(2)28(24(30)17(3)26)15-22(29)27-13-11-21-20(12-14-31-21)23(27)18-7-9-19(10-8-18)25(4,5)6/h7-10,12,14,16-17,23H,11,13,15H2,1-6H3. The van der Waals surface area contributed by atoms with Crippen molar-refractivity contribution in [2.75, 3.05) is 13.1 Å². The Balaban J connectivity index is 1.93. The minimum Gasteiger partial charge on any atom is -0.330 e. The fourth-order valence-electron chi connectivity index (χ4n) is 4.09. The minimum atomic E-state index is -0.652. The third-order valence-corrected chi connectivity index (χ3v) is 7.11. The number of carbonyl (C=O) groups excluding carboxylic acids is 2. The van der Waals surface area contributed by atoms with Crippen LogP contribution in [0.1, 0.15) is 69.2 Å². The zero-order valence-corrected chi connectivity index (χ0v) is 20.9. The number of amides is 2. The summed E-state index contributed by atoms with van der Waals surface area (Å²) in [5, 5.41) is 1.45. The number of benzene rings is 1. The lowest BCUT2D eigenvalue weighted by atomic mass is 9.85. The van der Waals surface area contributed by atoms with Crippen molar-refractivity contribution >= 4 is 34.8 Å². The van der Waals surface area contributed by atoms with Crippen molar-refractivity contribution in [1.29, 1.82) is 0 Å². The topological polar surface area (TPSA) is 40.6 Å². The van der Waals surface area contributed by atoms with Crippen LogP contribution >= 0.6 is 22.9 Å². The Morgan fingerprint density at radius 1 is 1.16 bits per heavy atom. The molecule has 31 heavy (non-hydrogen) atoms. The highest BCUT2D eigenvalue weighted by Gasteiger charge is 2.35. The lowest BCUT2D eigenvalue weighted by Crippen LogP contribution is -2.50. The summed E-state index contributed by atoms with van der Waals surface area (Å²) in [5.41, 5.74) is 3.64. The van der Waals surface area contributed by atoms with E-state index in [2.05, 4.69) is 56.5 Å². The van der Waals surface area contributed by atoms with Crippen molar-refractivity contribution in [1.82, 2.24) is 9.80 Å². The molecule has 0 saturated carbocycles. The van der Waals surface area contributed by atoms with Crippen molar-refractivity contribution in [3.05, 3.63) is 57.3 Å². The van der Waals surface area contributed by atoms with Gasteiger partial charge in [0.05, 0.1) is 6.04 Å². The van der Waals surface area contributed by atoms with Gasteiger partial charge >= 0.3 is 0 Å². The summed E-state index contributed by atoms with van der Waals surface area (Å²) < 4.78 is 0. The smallest absolute Gasteiger partial charge is 0.243 e. The molecule has 1 aromatic heterocycles. The molecule has 6 heteroatoms. The molecule has 0 radical (unpaired) electrons. The predicted molar refractivity (Wildman–Crippen MR) is 129 cm³/mol. The van der Waals surface area contributed by atoms with Crippen LogP contribution in [0.2, 0.25) is 0 Å². The van der Waals surface area contributed by atoms with Crippen LogP contribution in [0.3, 0.4) is 0 Å². The van der Waals surface area contributed by atoms with Crippen LogP contribution in [0.5, 0.6) is 0 Å². The van der Waals surface area contributed by atoms with E-state index in [9.17, 15) is 9.59 Å². The highest BCUT2D eigenvalue weighted by molar-refractivity contribution is 7.10. The number of rotatable bonds is 5. The summed E-state index contributed by atoms with van der Waals surface area (Å²) in [6.45, 7) is 12.8. The van der Waals surface area contributed by atoms with Crippen molar-refractivity contribution < 1.29 is 9.59 Å². The van der Waals surface area contributed by atoms with Gasteiger partial charge in [-0.25, -0.2) is 0 Å². The van der Waals surface area contributed by atoms with Gasteiger partial charge in [-0.2, -0.15) is 0 Å². The Morgan fingerprint density at radius 3 is 2.35 bits per heavy atom. The van der Waals surface area contributed by atoms with E-state index in [1.165, 1.54) is 16.0 Å². The first-order chi connectivity index (χ1) is 14.5. The van der Waals surface area contributed by atoms with Gasteiger partial charge in [0.25, 0.3) is 0 Å². The Labute approximate surface area is 195 Å². The van der Waals surface area contributed by atoms with E-state index in [1.807, 2.05) is 18.7 Å². The van der Waals surface area contributed by atoms with Gasteiger partial charge in [0.1, 0.15) is 11.9 Å². The molecule has 1 aromatic carbocycles. The Bertz CT molecular complexity index is 928. The number of fused-ring (bicyclic) bond motifs is 1. The lowest BCUT2D eigenvalue weighted by molar-refractivity contribution is -0.142. The molecule has 168 valence electrons. The first kappa shape index (κ1) is 23.8. The van der Waals surface area contributed by atoms with E-state index >= 15 is 0 Å². The summed E-state index contributed by atoms with van der Waals surface area (Å²) >= 11 is 7.80. The van der Waals surface area contributed by atoms with Gasteiger partial charge < -0.3 is 9.80 Å². The molecule has 4 nitrogen and oxygen atoms in total. The maximum atomic E-state index is 13.5. The van der Waals surface area contributed by atoms with Gasteiger partial charge in [-0.3, -0.25) is 9.59 Å². The van der Waals surface area contributed by atoms with E-state index in [-0.39, 0.29) is 35.9 Å². The third kappa shape index (κ3) is 5.15. The molecular formula is C25H33ClN2O2S. The number of hydrogen-bond donors (Lipinski definition) is 0. The molecule has 2 heterocycles. The van der Waals surface area contributed by atoms with Crippen LogP contribution in [-0.2, 0) is 21.4 Å². The number of hydrogen-bond acceptors (Lipinski definition) is 3. The quantitative estimate of drug-likeness (QED) is 0.561. The maximum Gasteiger partial charge on any atom is 0.243 e. The average molecular weight is 461 g/mol.